The van der Waals surface area contributed by atoms with Gasteiger partial charge in [-0.25, -0.2) is 4.79 Å². The van der Waals surface area contributed by atoms with Crippen molar-refractivity contribution < 1.29 is 14.3 Å². The second-order valence-corrected chi connectivity index (χ2v) is 8.38. The lowest BCUT2D eigenvalue weighted by Gasteiger charge is -2.13. The van der Waals surface area contributed by atoms with Gasteiger partial charge in [0.05, 0.1) is 22.4 Å². The van der Waals surface area contributed by atoms with Crippen LogP contribution in [-0.4, -0.2) is 28.7 Å². The molecule has 2 aromatic carbocycles. The van der Waals surface area contributed by atoms with Gasteiger partial charge >= 0.3 is 5.97 Å². The number of amides is 1. The van der Waals surface area contributed by atoms with Crippen LogP contribution in [0, 0.1) is 0 Å². The van der Waals surface area contributed by atoms with Gasteiger partial charge in [0.25, 0.3) is 0 Å². The smallest absolute Gasteiger partial charge is 0.341 e. The summed E-state index contributed by atoms with van der Waals surface area (Å²) in [5, 5.41) is 3.74. The topological polar surface area (TPSA) is 71.2 Å². The molecule has 0 fully saturated rings. The van der Waals surface area contributed by atoms with Gasteiger partial charge in [0, 0.05) is 23.3 Å². The summed E-state index contributed by atoms with van der Waals surface area (Å²) in [5.74, 6) is -0.538. The highest BCUT2D eigenvalue weighted by Crippen LogP contribution is 2.34. The molecule has 1 heterocycles. The minimum atomic E-state index is -0.428. The molecular formula is C23H23ClN2O3S. The summed E-state index contributed by atoms with van der Waals surface area (Å²) in [6.07, 6.45) is 1.76. The average molecular weight is 443 g/mol. The molecule has 2 N–H and O–H groups in total. The Kier molecular flexibility index (Phi) is 7.60. The van der Waals surface area contributed by atoms with Crippen molar-refractivity contribution in [1.29, 1.82) is 0 Å². The molecule has 1 atom stereocenters. The fourth-order valence-electron chi connectivity index (χ4n) is 2.92. The fourth-order valence-corrected chi connectivity index (χ4v) is 4.03. The van der Waals surface area contributed by atoms with Gasteiger partial charge < -0.3 is 15.0 Å². The number of carbonyl (C=O) groups excluding carboxylic acids is 2. The summed E-state index contributed by atoms with van der Waals surface area (Å²) in [6, 6.07) is 16.9. The van der Waals surface area contributed by atoms with Gasteiger partial charge in [-0.3, -0.25) is 4.79 Å². The Morgan fingerprint density at radius 1 is 1.13 bits per heavy atom. The molecule has 3 rings (SSSR count). The van der Waals surface area contributed by atoms with Crippen LogP contribution in [0.15, 0.2) is 65.8 Å². The molecule has 1 aromatic heterocycles. The quantitative estimate of drug-likeness (QED) is 0.366. The van der Waals surface area contributed by atoms with Gasteiger partial charge in [0.2, 0.25) is 5.91 Å². The average Bonchev–Trinajstić information content (AvgIpc) is 3.17. The maximum Gasteiger partial charge on any atom is 0.341 e. The van der Waals surface area contributed by atoms with E-state index in [1.165, 1.54) is 11.8 Å². The predicted molar refractivity (Wildman–Crippen MR) is 121 cm³/mol. The third kappa shape index (κ3) is 5.46. The second-order valence-electron chi connectivity index (χ2n) is 6.60. The van der Waals surface area contributed by atoms with E-state index in [0.717, 1.165) is 11.1 Å². The third-order valence-electron chi connectivity index (χ3n) is 4.45. The van der Waals surface area contributed by atoms with Crippen molar-refractivity contribution in [2.45, 2.75) is 30.7 Å². The van der Waals surface area contributed by atoms with Crippen molar-refractivity contribution in [3.63, 3.8) is 0 Å². The highest BCUT2D eigenvalue weighted by molar-refractivity contribution is 8.00. The van der Waals surface area contributed by atoms with Crippen LogP contribution in [-0.2, 0) is 16.1 Å². The number of nitrogens with one attached hydrogen (secondary N) is 2. The Balaban J connectivity index is 1.78. The summed E-state index contributed by atoms with van der Waals surface area (Å²) >= 11 is 7.28. The first-order chi connectivity index (χ1) is 14.5. The molecule has 1 amide bonds. The van der Waals surface area contributed by atoms with Crippen LogP contribution in [0.25, 0.3) is 11.1 Å². The number of aromatic nitrogens is 1. The number of rotatable bonds is 8. The molecule has 0 aliphatic carbocycles. The Morgan fingerprint density at radius 3 is 2.50 bits per heavy atom. The minimum absolute atomic E-state index is 0.110. The standard InChI is InChI=1S/C23H23ClN2O3S/c1-3-29-23(28)20-19(17-9-11-18(24)12-10-17)14-26-22(20)30-15(2)21(27)25-13-16-7-5-4-6-8-16/h4-12,14-15,26H,3,13H2,1-2H3,(H,25,27)/t15-/m1/s1. The van der Waals surface area contributed by atoms with Crippen LogP contribution in [0.4, 0.5) is 0 Å². The minimum Gasteiger partial charge on any atom is -0.462 e. The molecule has 7 heteroatoms. The maximum atomic E-state index is 12.7. The molecule has 0 radical (unpaired) electrons. The van der Waals surface area contributed by atoms with Crippen LogP contribution < -0.4 is 5.32 Å². The molecule has 0 saturated carbocycles. The van der Waals surface area contributed by atoms with Gasteiger partial charge in [0.1, 0.15) is 0 Å². The van der Waals surface area contributed by atoms with Gasteiger partial charge in [0.15, 0.2) is 0 Å². The zero-order chi connectivity index (χ0) is 21.5. The summed E-state index contributed by atoms with van der Waals surface area (Å²) in [6.45, 7) is 4.29. The lowest BCUT2D eigenvalue weighted by molar-refractivity contribution is -0.120. The summed E-state index contributed by atoms with van der Waals surface area (Å²) in [5.41, 5.74) is 3.00. The zero-order valence-corrected chi connectivity index (χ0v) is 18.3. The predicted octanol–water partition coefficient (Wildman–Crippen LogP) is 5.31. The van der Waals surface area contributed by atoms with Crippen LogP contribution in [0.3, 0.4) is 0 Å². The van der Waals surface area contributed by atoms with Gasteiger partial charge in [-0.15, -0.1) is 0 Å². The van der Waals surface area contributed by atoms with Crippen LogP contribution in [0.5, 0.6) is 0 Å². The summed E-state index contributed by atoms with van der Waals surface area (Å²) < 4.78 is 5.26. The van der Waals surface area contributed by atoms with E-state index in [0.29, 0.717) is 27.7 Å². The lowest BCUT2D eigenvalue weighted by Crippen LogP contribution is -2.30. The largest absolute Gasteiger partial charge is 0.462 e. The highest BCUT2D eigenvalue weighted by Gasteiger charge is 2.25. The molecule has 30 heavy (non-hydrogen) atoms. The molecule has 5 nitrogen and oxygen atoms in total. The van der Waals surface area contributed by atoms with E-state index in [1.807, 2.05) is 49.4 Å². The van der Waals surface area contributed by atoms with Crippen molar-refractivity contribution in [3.05, 3.63) is 76.9 Å². The molecule has 0 unspecified atom stereocenters. The number of aromatic amines is 1. The Morgan fingerprint density at radius 2 is 1.83 bits per heavy atom. The SMILES string of the molecule is CCOC(=O)c1c(-c2ccc(Cl)cc2)c[nH]c1S[C@H](C)C(=O)NCc1ccccc1. The van der Waals surface area contributed by atoms with E-state index in [1.54, 1.807) is 25.3 Å². The number of ether oxygens (including phenoxy) is 1. The number of hydrogen-bond donors (Lipinski definition) is 2. The van der Waals surface area contributed by atoms with Crippen molar-refractivity contribution >= 4 is 35.2 Å². The molecule has 0 bridgehead atoms. The highest BCUT2D eigenvalue weighted by atomic mass is 35.5. The number of H-pyrrole nitrogens is 1. The zero-order valence-electron chi connectivity index (χ0n) is 16.8. The second kappa shape index (κ2) is 10.4. The van der Waals surface area contributed by atoms with Gasteiger partial charge in [-0.2, -0.15) is 0 Å². The van der Waals surface area contributed by atoms with Crippen LogP contribution in [0.2, 0.25) is 5.02 Å². The Labute approximate surface area is 185 Å². The number of halogens is 1. The molecule has 0 spiro atoms. The maximum absolute atomic E-state index is 12.7. The van der Waals surface area contributed by atoms with E-state index in [-0.39, 0.29) is 12.5 Å². The van der Waals surface area contributed by atoms with Gasteiger partial charge in [-0.1, -0.05) is 65.8 Å². The number of carbonyl (C=O) groups is 2. The van der Waals surface area contributed by atoms with E-state index < -0.39 is 11.2 Å². The van der Waals surface area contributed by atoms with E-state index in [9.17, 15) is 9.59 Å². The molecule has 3 aromatic rings. The summed E-state index contributed by atoms with van der Waals surface area (Å²) in [4.78, 5) is 28.4. The van der Waals surface area contributed by atoms with Crippen LogP contribution >= 0.6 is 23.4 Å². The molecule has 0 saturated heterocycles. The Hall–Kier alpha value is -2.70. The molecule has 156 valence electrons. The monoisotopic (exact) mass is 442 g/mol. The number of hydrogen-bond acceptors (Lipinski definition) is 4. The molecule has 0 aliphatic rings. The Bertz CT molecular complexity index is 1000. The number of esters is 1. The molecule has 0 aliphatic heterocycles. The number of thioether (sulfide) groups is 1. The van der Waals surface area contributed by atoms with Crippen LogP contribution in [0.1, 0.15) is 29.8 Å². The van der Waals surface area contributed by atoms with Crippen molar-refractivity contribution in [2.75, 3.05) is 6.61 Å². The summed E-state index contributed by atoms with van der Waals surface area (Å²) in [7, 11) is 0. The van der Waals surface area contributed by atoms with Gasteiger partial charge in [-0.05, 0) is 37.1 Å². The fraction of sp³-hybridized carbons (Fsp3) is 0.217. The lowest BCUT2D eigenvalue weighted by atomic mass is 10.1. The number of benzene rings is 2. The van der Waals surface area contributed by atoms with E-state index >= 15 is 0 Å². The third-order valence-corrected chi connectivity index (χ3v) is 5.83. The van der Waals surface area contributed by atoms with E-state index in [2.05, 4.69) is 10.3 Å². The van der Waals surface area contributed by atoms with Crippen molar-refractivity contribution in [3.8, 4) is 11.1 Å². The normalized spacial score (nSPS) is 11.7. The first-order valence-electron chi connectivity index (χ1n) is 9.62. The van der Waals surface area contributed by atoms with Crippen molar-refractivity contribution in [1.82, 2.24) is 10.3 Å². The molecular weight excluding hydrogens is 420 g/mol. The van der Waals surface area contributed by atoms with E-state index in [4.69, 9.17) is 16.3 Å². The first-order valence-corrected chi connectivity index (χ1v) is 10.9. The first kappa shape index (κ1) is 22.0. The van der Waals surface area contributed by atoms with Crippen molar-refractivity contribution in [2.24, 2.45) is 0 Å².